The summed E-state index contributed by atoms with van der Waals surface area (Å²) in [5, 5.41) is 6.29. The van der Waals surface area contributed by atoms with Crippen LogP contribution >= 0.6 is 0 Å². The molecular weight excluding hydrogens is 236 g/mol. The zero-order valence-electron chi connectivity index (χ0n) is 11.9. The number of carbonyl (C=O) groups is 1. The van der Waals surface area contributed by atoms with Crippen molar-refractivity contribution in [3.05, 3.63) is 35.4 Å². The molecule has 1 amide bonds. The molecule has 1 aliphatic carbocycles. The Kier molecular flexibility index (Phi) is 4.97. The van der Waals surface area contributed by atoms with E-state index in [9.17, 15) is 4.79 Å². The molecule has 0 heterocycles. The van der Waals surface area contributed by atoms with Crippen molar-refractivity contribution in [2.45, 2.75) is 38.6 Å². The van der Waals surface area contributed by atoms with Gasteiger partial charge in [0.05, 0.1) is 0 Å². The second-order valence-electron chi connectivity index (χ2n) is 5.38. The lowest BCUT2D eigenvalue weighted by Crippen LogP contribution is -2.28. The van der Waals surface area contributed by atoms with Gasteiger partial charge in [-0.3, -0.25) is 4.79 Å². The maximum Gasteiger partial charge on any atom is 0.251 e. The van der Waals surface area contributed by atoms with Crippen molar-refractivity contribution in [3.8, 4) is 0 Å². The Morgan fingerprint density at radius 1 is 1.37 bits per heavy atom. The van der Waals surface area contributed by atoms with Gasteiger partial charge in [-0.1, -0.05) is 31.5 Å². The van der Waals surface area contributed by atoms with E-state index in [1.165, 1.54) is 12.8 Å². The minimum Gasteiger partial charge on any atom is -0.349 e. The number of rotatable bonds is 7. The third-order valence-corrected chi connectivity index (χ3v) is 3.80. The van der Waals surface area contributed by atoms with E-state index in [-0.39, 0.29) is 5.91 Å². The smallest absolute Gasteiger partial charge is 0.251 e. The summed E-state index contributed by atoms with van der Waals surface area (Å²) in [6.45, 7) is 3.09. The Labute approximate surface area is 115 Å². The van der Waals surface area contributed by atoms with Crippen molar-refractivity contribution in [2.75, 3.05) is 13.6 Å². The van der Waals surface area contributed by atoms with Crippen LogP contribution in [-0.2, 0) is 6.42 Å². The van der Waals surface area contributed by atoms with Crippen molar-refractivity contribution >= 4 is 5.91 Å². The zero-order chi connectivity index (χ0) is 13.7. The average Bonchev–Trinajstić information content (AvgIpc) is 3.15. The summed E-state index contributed by atoms with van der Waals surface area (Å²) < 4.78 is 0. The molecular formula is C16H24N2O. The Morgan fingerprint density at radius 3 is 2.89 bits per heavy atom. The number of hydrogen-bond acceptors (Lipinski definition) is 2. The number of carbonyl (C=O) groups excluding carboxylic acids is 1. The van der Waals surface area contributed by atoms with Gasteiger partial charge in [-0.05, 0) is 50.4 Å². The van der Waals surface area contributed by atoms with Crippen LogP contribution in [0.5, 0.6) is 0 Å². The fraction of sp³-hybridized carbons (Fsp3) is 0.562. The lowest BCUT2D eigenvalue weighted by atomic mass is 10.0. The molecule has 2 N–H and O–H groups in total. The van der Waals surface area contributed by atoms with Crippen LogP contribution in [0.4, 0.5) is 0 Å². The summed E-state index contributed by atoms with van der Waals surface area (Å²) >= 11 is 0. The molecule has 1 fully saturated rings. The van der Waals surface area contributed by atoms with Gasteiger partial charge in [0, 0.05) is 11.6 Å². The molecule has 0 aromatic heterocycles. The van der Waals surface area contributed by atoms with Crippen molar-refractivity contribution in [1.29, 1.82) is 0 Å². The first-order valence-electron chi connectivity index (χ1n) is 7.29. The van der Waals surface area contributed by atoms with Crippen molar-refractivity contribution < 1.29 is 4.79 Å². The summed E-state index contributed by atoms with van der Waals surface area (Å²) in [7, 11) is 1.93. The maximum atomic E-state index is 12.3. The minimum atomic E-state index is 0.0929. The molecule has 0 aliphatic heterocycles. The van der Waals surface area contributed by atoms with Crippen LogP contribution in [0.25, 0.3) is 0 Å². The Balaban J connectivity index is 1.95. The fourth-order valence-electron chi connectivity index (χ4n) is 2.58. The minimum absolute atomic E-state index is 0.0929. The fourth-order valence-corrected chi connectivity index (χ4v) is 2.58. The number of likely N-dealkylation sites (N-methyl/N-ethyl adjacent to an activating group) is 1. The largest absolute Gasteiger partial charge is 0.349 e. The summed E-state index contributed by atoms with van der Waals surface area (Å²) in [4.78, 5) is 12.3. The van der Waals surface area contributed by atoms with E-state index in [1.807, 2.05) is 31.3 Å². The first-order chi connectivity index (χ1) is 9.26. The van der Waals surface area contributed by atoms with Gasteiger partial charge in [0.2, 0.25) is 0 Å². The third kappa shape index (κ3) is 3.80. The quantitative estimate of drug-likeness (QED) is 0.790. The van der Waals surface area contributed by atoms with E-state index in [0.29, 0.717) is 12.0 Å². The van der Waals surface area contributed by atoms with Crippen LogP contribution in [0, 0.1) is 5.92 Å². The van der Waals surface area contributed by atoms with Crippen molar-refractivity contribution in [1.82, 2.24) is 10.6 Å². The van der Waals surface area contributed by atoms with Crippen LogP contribution in [0.1, 0.15) is 42.1 Å². The molecule has 3 nitrogen and oxygen atoms in total. The normalized spacial score (nSPS) is 21.2. The zero-order valence-corrected chi connectivity index (χ0v) is 11.9. The SMILES string of the molecule is CCCC1CC1NC(=O)c1ccccc1CCNC. The van der Waals surface area contributed by atoms with E-state index < -0.39 is 0 Å². The molecule has 0 spiro atoms. The second kappa shape index (κ2) is 6.71. The predicted octanol–water partition coefficient (Wildman–Crippen LogP) is 2.37. The molecule has 0 radical (unpaired) electrons. The number of hydrogen-bond donors (Lipinski definition) is 2. The van der Waals surface area contributed by atoms with Gasteiger partial charge in [-0.25, -0.2) is 0 Å². The van der Waals surface area contributed by atoms with Crippen LogP contribution in [0.15, 0.2) is 24.3 Å². The highest BCUT2D eigenvalue weighted by Crippen LogP contribution is 2.34. The second-order valence-corrected chi connectivity index (χ2v) is 5.38. The molecule has 2 rings (SSSR count). The Bertz CT molecular complexity index is 431. The molecule has 19 heavy (non-hydrogen) atoms. The lowest BCUT2D eigenvalue weighted by molar-refractivity contribution is 0.0948. The summed E-state index contributed by atoms with van der Waals surface area (Å²) in [5.74, 6) is 0.800. The molecule has 0 bridgehead atoms. The van der Waals surface area contributed by atoms with Crippen LogP contribution < -0.4 is 10.6 Å². The molecule has 1 aliphatic rings. The van der Waals surface area contributed by atoms with Crippen LogP contribution in [0.3, 0.4) is 0 Å². The highest BCUT2D eigenvalue weighted by molar-refractivity contribution is 5.96. The predicted molar refractivity (Wildman–Crippen MR) is 78.3 cm³/mol. The number of nitrogens with one attached hydrogen (secondary N) is 2. The third-order valence-electron chi connectivity index (χ3n) is 3.80. The summed E-state index contributed by atoms with van der Waals surface area (Å²) in [6.07, 6.45) is 4.48. The number of benzene rings is 1. The first kappa shape index (κ1) is 14.1. The van der Waals surface area contributed by atoms with Gasteiger partial charge in [0.25, 0.3) is 5.91 Å². The van der Waals surface area contributed by atoms with E-state index >= 15 is 0 Å². The molecule has 1 aromatic carbocycles. The van der Waals surface area contributed by atoms with Crippen LogP contribution in [-0.4, -0.2) is 25.5 Å². The van der Waals surface area contributed by atoms with Crippen molar-refractivity contribution in [3.63, 3.8) is 0 Å². The van der Waals surface area contributed by atoms with Gasteiger partial charge in [-0.2, -0.15) is 0 Å². The summed E-state index contributed by atoms with van der Waals surface area (Å²) in [6, 6.07) is 8.32. The van der Waals surface area contributed by atoms with Gasteiger partial charge in [0.1, 0.15) is 0 Å². The summed E-state index contributed by atoms with van der Waals surface area (Å²) in [5.41, 5.74) is 1.96. The molecule has 0 saturated heterocycles. The molecule has 1 saturated carbocycles. The standard InChI is InChI=1S/C16H24N2O/c1-3-6-13-11-15(13)18-16(19)14-8-5-4-7-12(14)9-10-17-2/h4-5,7-8,13,15,17H,3,6,9-11H2,1-2H3,(H,18,19). The molecule has 3 heteroatoms. The number of amides is 1. The maximum absolute atomic E-state index is 12.3. The van der Waals surface area contributed by atoms with Gasteiger partial charge in [0.15, 0.2) is 0 Å². The monoisotopic (exact) mass is 260 g/mol. The van der Waals surface area contributed by atoms with Crippen LogP contribution in [0.2, 0.25) is 0 Å². The molecule has 2 unspecified atom stereocenters. The van der Waals surface area contributed by atoms with E-state index in [1.54, 1.807) is 0 Å². The highest BCUT2D eigenvalue weighted by Gasteiger charge is 2.37. The molecule has 1 aromatic rings. The van der Waals surface area contributed by atoms with Crippen molar-refractivity contribution in [2.24, 2.45) is 5.92 Å². The van der Waals surface area contributed by atoms with Gasteiger partial charge >= 0.3 is 0 Å². The Hall–Kier alpha value is -1.35. The lowest BCUT2D eigenvalue weighted by Gasteiger charge is -2.10. The first-order valence-corrected chi connectivity index (χ1v) is 7.29. The highest BCUT2D eigenvalue weighted by atomic mass is 16.1. The average molecular weight is 260 g/mol. The molecule has 2 atom stereocenters. The van der Waals surface area contributed by atoms with Gasteiger partial charge in [-0.15, -0.1) is 0 Å². The topological polar surface area (TPSA) is 41.1 Å². The Morgan fingerprint density at radius 2 is 2.16 bits per heavy atom. The van der Waals surface area contributed by atoms with Gasteiger partial charge < -0.3 is 10.6 Å². The van der Waals surface area contributed by atoms with E-state index in [4.69, 9.17) is 0 Å². The van der Waals surface area contributed by atoms with E-state index in [2.05, 4.69) is 17.6 Å². The molecule has 104 valence electrons. The van der Waals surface area contributed by atoms with E-state index in [0.717, 1.165) is 30.5 Å².